The Morgan fingerprint density at radius 2 is 2.24 bits per heavy atom. The first-order valence-electron chi connectivity index (χ1n) is 8.48. The molecular formula is C17H25ClN4O3. The Hall–Kier alpha value is -1.86. The molecule has 0 aliphatic carbocycles. The van der Waals surface area contributed by atoms with E-state index in [2.05, 4.69) is 10.3 Å². The predicted octanol–water partition coefficient (Wildman–Crippen LogP) is 3.38. The van der Waals surface area contributed by atoms with Gasteiger partial charge in [0.25, 0.3) is 5.70 Å². The topological polar surface area (TPSA) is 80.5 Å². The van der Waals surface area contributed by atoms with Crippen LogP contribution in [0.15, 0.2) is 29.8 Å². The van der Waals surface area contributed by atoms with E-state index < -0.39 is 0 Å². The van der Waals surface area contributed by atoms with Crippen LogP contribution >= 0.6 is 11.6 Å². The molecule has 0 spiro atoms. The van der Waals surface area contributed by atoms with E-state index in [1.165, 1.54) is 0 Å². The molecule has 1 aliphatic rings. The Bertz CT molecular complexity index is 633. The number of nitrogens with zero attached hydrogens (tertiary/aromatic N) is 3. The monoisotopic (exact) mass is 368 g/mol. The second-order valence-electron chi connectivity index (χ2n) is 6.40. The molecule has 1 aromatic heterocycles. The third-order valence-electron chi connectivity index (χ3n) is 4.11. The summed E-state index contributed by atoms with van der Waals surface area (Å²) in [6.07, 6.45) is 2.11. The minimum atomic E-state index is -0.290. The average molecular weight is 369 g/mol. The average Bonchev–Trinajstić information content (AvgIpc) is 2.53. The molecule has 2 heterocycles. The molecule has 1 N–H and O–H groups in total. The Labute approximate surface area is 153 Å². The molecule has 0 aromatic carbocycles. The van der Waals surface area contributed by atoms with E-state index in [0.717, 1.165) is 5.56 Å². The summed E-state index contributed by atoms with van der Waals surface area (Å²) >= 11 is 5.80. The maximum absolute atomic E-state index is 11.6. The van der Waals surface area contributed by atoms with Gasteiger partial charge in [0.1, 0.15) is 11.4 Å². The first-order valence-corrected chi connectivity index (χ1v) is 8.86. The van der Waals surface area contributed by atoms with Gasteiger partial charge in [-0.3, -0.25) is 10.1 Å². The minimum absolute atomic E-state index is 0.0464. The lowest BCUT2D eigenvalue weighted by atomic mass is 9.97. The van der Waals surface area contributed by atoms with Gasteiger partial charge in [-0.25, -0.2) is 4.98 Å². The molecule has 0 amide bonds. The normalized spacial score (nSPS) is 21.0. The number of allylic oxidation sites excluding steroid dienone is 1. The smallest absolute Gasteiger partial charge is 0.288 e. The van der Waals surface area contributed by atoms with Crippen LogP contribution in [0.3, 0.4) is 0 Å². The molecular weight excluding hydrogens is 344 g/mol. The lowest BCUT2D eigenvalue weighted by molar-refractivity contribution is -0.439. The maximum atomic E-state index is 11.6. The van der Waals surface area contributed by atoms with Crippen molar-refractivity contribution in [2.45, 2.75) is 53.0 Å². The van der Waals surface area contributed by atoms with Gasteiger partial charge in [0.05, 0.1) is 16.9 Å². The minimum Gasteiger partial charge on any atom is -0.362 e. The first kappa shape index (κ1) is 19.5. The SMILES string of the molecule is CCN1C(NCc2ccc(Cl)nc2)=C([N+](=O)[O-])C(C)CC1OC(C)C. The van der Waals surface area contributed by atoms with E-state index in [-0.39, 0.29) is 28.9 Å². The van der Waals surface area contributed by atoms with Crippen molar-refractivity contribution < 1.29 is 9.66 Å². The summed E-state index contributed by atoms with van der Waals surface area (Å²) in [6.45, 7) is 8.82. The molecule has 2 rings (SSSR count). The highest BCUT2D eigenvalue weighted by Gasteiger charge is 2.39. The van der Waals surface area contributed by atoms with Gasteiger partial charge in [-0.1, -0.05) is 24.6 Å². The van der Waals surface area contributed by atoms with Gasteiger partial charge in [0, 0.05) is 25.7 Å². The number of rotatable bonds is 7. The number of aromatic nitrogens is 1. The fourth-order valence-corrected chi connectivity index (χ4v) is 3.14. The van der Waals surface area contributed by atoms with Gasteiger partial charge >= 0.3 is 0 Å². The summed E-state index contributed by atoms with van der Waals surface area (Å²) in [5.74, 6) is 0.319. The van der Waals surface area contributed by atoms with E-state index in [1.807, 2.05) is 38.7 Å². The molecule has 0 saturated carbocycles. The van der Waals surface area contributed by atoms with Crippen LogP contribution in [-0.2, 0) is 11.3 Å². The van der Waals surface area contributed by atoms with E-state index in [4.69, 9.17) is 16.3 Å². The summed E-state index contributed by atoms with van der Waals surface area (Å²) < 4.78 is 5.99. The number of nitrogens with one attached hydrogen (secondary N) is 1. The van der Waals surface area contributed by atoms with E-state index >= 15 is 0 Å². The summed E-state index contributed by atoms with van der Waals surface area (Å²) in [5, 5.41) is 15.3. The predicted molar refractivity (Wildman–Crippen MR) is 96.3 cm³/mol. The number of hydrogen-bond acceptors (Lipinski definition) is 6. The van der Waals surface area contributed by atoms with Crippen molar-refractivity contribution in [2.24, 2.45) is 5.92 Å². The maximum Gasteiger partial charge on any atom is 0.288 e. The molecule has 8 heteroatoms. The van der Waals surface area contributed by atoms with Crippen LogP contribution in [0.25, 0.3) is 0 Å². The zero-order valence-corrected chi connectivity index (χ0v) is 15.8. The van der Waals surface area contributed by atoms with Gasteiger partial charge in [0.15, 0.2) is 5.82 Å². The highest BCUT2D eigenvalue weighted by molar-refractivity contribution is 6.29. The molecule has 7 nitrogen and oxygen atoms in total. The molecule has 1 aliphatic heterocycles. The number of halogens is 1. The molecule has 0 radical (unpaired) electrons. The molecule has 1 aromatic rings. The third kappa shape index (κ3) is 4.83. The van der Waals surface area contributed by atoms with Crippen LogP contribution in [0.4, 0.5) is 0 Å². The molecule has 2 atom stereocenters. The number of pyridine rings is 1. The number of hydrogen-bond donors (Lipinski definition) is 1. The van der Waals surface area contributed by atoms with E-state index in [9.17, 15) is 10.1 Å². The molecule has 138 valence electrons. The second kappa shape index (κ2) is 8.49. The van der Waals surface area contributed by atoms with Crippen LogP contribution in [0.1, 0.15) is 39.7 Å². The van der Waals surface area contributed by atoms with Gasteiger partial charge in [-0.15, -0.1) is 0 Å². The van der Waals surface area contributed by atoms with Crippen molar-refractivity contribution in [2.75, 3.05) is 6.54 Å². The summed E-state index contributed by atoms with van der Waals surface area (Å²) in [7, 11) is 0. The Balaban J connectivity index is 2.29. The van der Waals surface area contributed by atoms with Gasteiger partial charge in [-0.05, 0) is 32.4 Å². The fraction of sp³-hybridized carbons (Fsp3) is 0.588. The van der Waals surface area contributed by atoms with Crippen LogP contribution in [0.2, 0.25) is 5.15 Å². The van der Waals surface area contributed by atoms with Gasteiger partial charge < -0.3 is 15.0 Å². The molecule has 25 heavy (non-hydrogen) atoms. The quantitative estimate of drug-likeness (QED) is 0.451. The van der Waals surface area contributed by atoms with Crippen LogP contribution < -0.4 is 5.32 Å². The fourth-order valence-electron chi connectivity index (χ4n) is 3.03. The number of nitro groups is 1. The molecule has 0 fully saturated rings. The van der Waals surface area contributed by atoms with Crippen molar-refractivity contribution in [1.82, 2.24) is 15.2 Å². The van der Waals surface area contributed by atoms with Crippen LogP contribution in [0, 0.1) is 16.0 Å². The van der Waals surface area contributed by atoms with Crippen molar-refractivity contribution in [3.8, 4) is 0 Å². The molecule has 0 saturated heterocycles. The highest BCUT2D eigenvalue weighted by Crippen LogP contribution is 2.32. The van der Waals surface area contributed by atoms with E-state index in [0.29, 0.717) is 30.5 Å². The van der Waals surface area contributed by atoms with Gasteiger partial charge in [-0.2, -0.15) is 0 Å². The molecule has 0 bridgehead atoms. The largest absolute Gasteiger partial charge is 0.362 e. The van der Waals surface area contributed by atoms with Crippen molar-refractivity contribution >= 4 is 11.6 Å². The lowest BCUT2D eigenvalue weighted by Crippen LogP contribution is -2.48. The Morgan fingerprint density at radius 3 is 2.76 bits per heavy atom. The van der Waals surface area contributed by atoms with Crippen molar-refractivity contribution in [1.29, 1.82) is 0 Å². The number of ether oxygens (including phenoxy) is 1. The Kier molecular flexibility index (Phi) is 6.61. The van der Waals surface area contributed by atoms with Gasteiger partial charge in [0.2, 0.25) is 0 Å². The first-order chi connectivity index (χ1) is 11.8. The zero-order chi connectivity index (χ0) is 18.6. The van der Waals surface area contributed by atoms with Crippen molar-refractivity contribution in [3.63, 3.8) is 0 Å². The van der Waals surface area contributed by atoms with E-state index in [1.54, 1.807) is 12.3 Å². The highest BCUT2D eigenvalue weighted by atomic mass is 35.5. The van der Waals surface area contributed by atoms with Crippen molar-refractivity contribution in [3.05, 3.63) is 50.7 Å². The zero-order valence-electron chi connectivity index (χ0n) is 15.0. The summed E-state index contributed by atoms with van der Waals surface area (Å²) in [5.41, 5.74) is 1.10. The summed E-state index contributed by atoms with van der Waals surface area (Å²) in [4.78, 5) is 17.3. The second-order valence-corrected chi connectivity index (χ2v) is 6.78. The molecule has 2 unspecified atom stereocenters. The van der Waals surface area contributed by atoms with Crippen LogP contribution in [0.5, 0.6) is 0 Å². The lowest BCUT2D eigenvalue weighted by Gasteiger charge is -2.40. The van der Waals surface area contributed by atoms with Crippen LogP contribution in [-0.4, -0.2) is 33.7 Å². The standard InChI is InChI=1S/C17H25ClN4O3/c1-5-21-15(25-11(2)3)8-12(4)16(22(23)24)17(21)20-10-13-6-7-14(18)19-9-13/h6-7,9,11-12,15,20H,5,8,10H2,1-4H3. The third-order valence-corrected chi connectivity index (χ3v) is 4.34. The Morgan fingerprint density at radius 1 is 1.52 bits per heavy atom. The summed E-state index contributed by atoms with van der Waals surface area (Å²) in [6, 6.07) is 3.55.